The highest BCUT2D eigenvalue weighted by Crippen LogP contribution is 2.24. The van der Waals surface area contributed by atoms with Gasteiger partial charge in [-0.15, -0.1) is 0 Å². The smallest absolute Gasteiger partial charge is 0.350 e. The van der Waals surface area contributed by atoms with Crippen molar-refractivity contribution in [3.05, 3.63) is 39.1 Å². The van der Waals surface area contributed by atoms with E-state index in [4.69, 9.17) is 9.47 Å². The highest BCUT2D eigenvalue weighted by Gasteiger charge is 2.38. The van der Waals surface area contributed by atoms with Gasteiger partial charge in [0.15, 0.2) is 5.57 Å². The zero-order valence-electron chi connectivity index (χ0n) is 12.6. The number of benzene rings is 1. The molecule has 0 radical (unpaired) electrons. The van der Waals surface area contributed by atoms with Crippen LogP contribution in [-0.2, 0) is 23.8 Å². The number of hydrogen-bond acceptors (Lipinski definition) is 7. The summed E-state index contributed by atoms with van der Waals surface area (Å²) in [5, 5.41) is 2.83. The van der Waals surface area contributed by atoms with Crippen molar-refractivity contribution >= 4 is 46.2 Å². The average Bonchev–Trinajstić information content (AvgIpc) is 2.45. The lowest BCUT2D eigenvalue weighted by molar-refractivity contribution is -0.222. The van der Waals surface area contributed by atoms with Crippen molar-refractivity contribution < 1.29 is 28.6 Å². The lowest BCUT2D eigenvalue weighted by atomic mass is 10.2. The summed E-state index contributed by atoms with van der Waals surface area (Å²) in [5.41, 5.74) is 0.765. The fourth-order valence-electron chi connectivity index (χ4n) is 1.81. The number of hydrogen-bond donors (Lipinski definition) is 1. The van der Waals surface area contributed by atoms with Gasteiger partial charge in [-0.25, -0.2) is 14.4 Å². The molecule has 1 N–H and O–H groups in total. The van der Waals surface area contributed by atoms with Crippen LogP contribution < -0.4 is 5.32 Å². The molecule has 1 aromatic carbocycles. The zero-order valence-corrected chi connectivity index (χ0v) is 14.8. The summed E-state index contributed by atoms with van der Waals surface area (Å²) in [6.07, 6.45) is 1.22. The molecule has 1 aliphatic rings. The number of esters is 3. The molecule has 0 saturated carbocycles. The molecule has 23 heavy (non-hydrogen) atoms. The van der Waals surface area contributed by atoms with Crippen LogP contribution in [-0.4, -0.2) is 30.8 Å². The van der Waals surface area contributed by atoms with E-state index in [1.165, 1.54) is 27.2 Å². The average molecular weight is 431 g/mol. The minimum Gasteiger partial charge on any atom is -0.465 e. The molecule has 0 aromatic heterocycles. The van der Waals surface area contributed by atoms with Gasteiger partial charge in [-0.05, 0) is 40.8 Å². The molecular weight excluding hydrogens is 417 g/mol. The SMILES string of the molecule is COC(=O)c1ccc(NC=C2C(=O)OC(C)(C)OC2=O)c(I)c1. The van der Waals surface area contributed by atoms with E-state index >= 15 is 0 Å². The highest BCUT2D eigenvalue weighted by molar-refractivity contribution is 14.1. The first-order chi connectivity index (χ1) is 10.7. The second-order valence-corrected chi connectivity index (χ2v) is 6.23. The van der Waals surface area contributed by atoms with E-state index in [-0.39, 0.29) is 5.57 Å². The first-order valence-electron chi connectivity index (χ1n) is 6.55. The molecule has 0 aliphatic carbocycles. The number of carbonyl (C=O) groups excluding carboxylic acids is 3. The van der Waals surface area contributed by atoms with Crippen LogP contribution >= 0.6 is 22.6 Å². The Hall–Kier alpha value is -2.10. The Labute approximate surface area is 146 Å². The Morgan fingerprint density at radius 1 is 1.26 bits per heavy atom. The van der Waals surface area contributed by atoms with E-state index in [0.717, 1.165) is 0 Å². The first kappa shape index (κ1) is 17.3. The van der Waals surface area contributed by atoms with Gasteiger partial charge in [0.1, 0.15) is 0 Å². The Morgan fingerprint density at radius 3 is 2.39 bits per heavy atom. The molecule has 1 heterocycles. The quantitative estimate of drug-likeness (QED) is 0.340. The molecule has 0 spiro atoms. The predicted molar refractivity (Wildman–Crippen MR) is 88.5 cm³/mol. The van der Waals surface area contributed by atoms with Crippen LogP contribution in [0.15, 0.2) is 30.0 Å². The third kappa shape index (κ3) is 4.01. The van der Waals surface area contributed by atoms with E-state index in [1.807, 2.05) is 22.6 Å². The van der Waals surface area contributed by atoms with Crippen LogP contribution in [0.2, 0.25) is 0 Å². The van der Waals surface area contributed by atoms with Crippen molar-refractivity contribution in [3.8, 4) is 0 Å². The van der Waals surface area contributed by atoms with Gasteiger partial charge in [0.25, 0.3) is 5.79 Å². The minimum atomic E-state index is -1.28. The number of carbonyl (C=O) groups is 3. The summed E-state index contributed by atoms with van der Waals surface area (Å²) in [7, 11) is 1.30. The molecular formula is C15H14INO6. The van der Waals surface area contributed by atoms with Gasteiger partial charge in [-0.3, -0.25) is 0 Å². The van der Waals surface area contributed by atoms with E-state index in [1.54, 1.807) is 18.2 Å². The van der Waals surface area contributed by atoms with Crippen LogP contribution in [0.25, 0.3) is 0 Å². The van der Waals surface area contributed by atoms with Gasteiger partial charge >= 0.3 is 17.9 Å². The molecule has 2 rings (SSSR count). The molecule has 0 atom stereocenters. The Kier molecular flexibility index (Phi) is 4.93. The van der Waals surface area contributed by atoms with Crippen molar-refractivity contribution in [1.29, 1.82) is 0 Å². The lowest BCUT2D eigenvalue weighted by Crippen LogP contribution is -2.42. The van der Waals surface area contributed by atoms with Crippen molar-refractivity contribution in [2.45, 2.75) is 19.6 Å². The molecule has 0 bridgehead atoms. The molecule has 7 nitrogen and oxygen atoms in total. The second-order valence-electron chi connectivity index (χ2n) is 5.07. The number of methoxy groups -OCH3 is 1. The molecule has 1 aliphatic heterocycles. The van der Waals surface area contributed by atoms with E-state index < -0.39 is 23.7 Å². The number of halogens is 1. The maximum absolute atomic E-state index is 11.8. The maximum atomic E-state index is 11.8. The molecule has 1 saturated heterocycles. The lowest BCUT2D eigenvalue weighted by Gasteiger charge is -2.29. The third-order valence-corrected chi connectivity index (χ3v) is 3.77. The van der Waals surface area contributed by atoms with Gasteiger partial charge in [0.2, 0.25) is 0 Å². The van der Waals surface area contributed by atoms with Crippen molar-refractivity contribution in [2.75, 3.05) is 12.4 Å². The monoisotopic (exact) mass is 431 g/mol. The standard InChI is InChI=1S/C15H14INO6/c1-15(2)22-13(19)9(14(20)23-15)7-17-11-5-4-8(6-10(11)16)12(18)21-3/h4-7,17H,1-3H3. The first-order valence-corrected chi connectivity index (χ1v) is 7.62. The van der Waals surface area contributed by atoms with Crippen LogP contribution in [0.5, 0.6) is 0 Å². The van der Waals surface area contributed by atoms with E-state index in [9.17, 15) is 14.4 Å². The fourth-order valence-corrected chi connectivity index (χ4v) is 2.48. The van der Waals surface area contributed by atoms with Gasteiger partial charge < -0.3 is 19.5 Å². The minimum absolute atomic E-state index is 0.239. The third-order valence-electron chi connectivity index (χ3n) is 2.88. The maximum Gasteiger partial charge on any atom is 0.350 e. The summed E-state index contributed by atoms with van der Waals surface area (Å²) in [4.78, 5) is 35.1. The number of ether oxygens (including phenoxy) is 3. The normalized spacial score (nSPS) is 16.3. The van der Waals surface area contributed by atoms with E-state index in [0.29, 0.717) is 14.8 Å². The number of rotatable bonds is 3. The molecule has 1 aromatic rings. The molecule has 8 heteroatoms. The topological polar surface area (TPSA) is 90.9 Å². The van der Waals surface area contributed by atoms with Crippen LogP contribution in [0.4, 0.5) is 5.69 Å². The van der Waals surface area contributed by atoms with Gasteiger partial charge in [0.05, 0.1) is 18.4 Å². The zero-order chi connectivity index (χ0) is 17.2. The molecule has 0 amide bonds. The second kappa shape index (κ2) is 6.57. The van der Waals surface area contributed by atoms with E-state index in [2.05, 4.69) is 10.1 Å². The number of cyclic esters (lactones) is 2. The summed E-state index contributed by atoms with van der Waals surface area (Å²) < 4.78 is 15.3. The fraction of sp³-hybridized carbons (Fsp3) is 0.267. The summed E-state index contributed by atoms with van der Waals surface area (Å²) in [6.45, 7) is 2.95. The largest absolute Gasteiger partial charge is 0.465 e. The Morgan fingerprint density at radius 2 is 1.87 bits per heavy atom. The molecule has 122 valence electrons. The van der Waals surface area contributed by atoms with Crippen molar-refractivity contribution in [3.63, 3.8) is 0 Å². The summed E-state index contributed by atoms with van der Waals surface area (Å²) >= 11 is 2.01. The summed E-state index contributed by atoms with van der Waals surface area (Å²) in [6, 6.07) is 4.82. The van der Waals surface area contributed by atoms with Gasteiger partial charge in [-0.2, -0.15) is 0 Å². The molecule has 1 fully saturated rings. The Bertz CT molecular complexity index is 688. The van der Waals surface area contributed by atoms with Crippen molar-refractivity contribution in [2.24, 2.45) is 0 Å². The highest BCUT2D eigenvalue weighted by atomic mass is 127. The number of nitrogens with one attached hydrogen (secondary N) is 1. The van der Waals surface area contributed by atoms with Crippen LogP contribution in [0, 0.1) is 3.57 Å². The molecule has 0 unspecified atom stereocenters. The summed E-state index contributed by atoms with van der Waals surface area (Å²) in [5.74, 6) is -3.25. The number of anilines is 1. The van der Waals surface area contributed by atoms with Gasteiger partial charge in [-0.1, -0.05) is 0 Å². The van der Waals surface area contributed by atoms with Crippen LogP contribution in [0.1, 0.15) is 24.2 Å². The Balaban J connectivity index is 2.18. The predicted octanol–water partition coefficient (Wildman–Crippen LogP) is 2.21. The van der Waals surface area contributed by atoms with Gasteiger partial charge in [0, 0.05) is 23.6 Å². The van der Waals surface area contributed by atoms with Crippen molar-refractivity contribution in [1.82, 2.24) is 0 Å². The van der Waals surface area contributed by atoms with Crippen LogP contribution in [0.3, 0.4) is 0 Å².